The lowest BCUT2D eigenvalue weighted by molar-refractivity contribution is 0.0643. The van der Waals surface area contributed by atoms with E-state index >= 15 is 4.39 Å². The average molecular weight is 537 g/mol. The highest BCUT2D eigenvalue weighted by Crippen LogP contribution is 2.35. The van der Waals surface area contributed by atoms with E-state index in [4.69, 9.17) is 5.73 Å². The summed E-state index contributed by atoms with van der Waals surface area (Å²) in [4.78, 5) is 31.4. The minimum atomic E-state index is -0.793. The van der Waals surface area contributed by atoms with Crippen molar-refractivity contribution in [2.45, 2.75) is 65.2 Å². The van der Waals surface area contributed by atoms with Gasteiger partial charge in [-0.15, -0.1) is 0 Å². The third kappa shape index (κ3) is 6.08. The standard InChI is InChI=1S/C30H37FN4O2S/c1-20(2)34(21(3)4)30(37)23-8-10-24(11-9-23)35(27-7-5-6-26(28(27)31)29(32)36)25-12-15-33(16-13-25)18-22-14-17-38-19-22/h5-11,14,17,19-21,25H,12-13,15-16,18H2,1-4H3,(H2,32,36). The van der Waals surface area contributed by atoms with Gasteiger partial charge in [0.1, 0.15) is 0 Å². The Labute approximate surface area is 228 Å². The average Bonchev–Trinajstić information content (AvgIpc) is 3.39. The Hall–Kier alpha value is -3.23. The van der Waals surface area contributed by atoms with Gasteiger partial charge in [-0.1, -0.05) is 6.07 Å². The molecule has 0 radical (unpaired) electrons. The van der Waals surface area contributed by atoms with Crippen LogP contribution in [0.5, 0.6) is 0 Å². The van der Waals surface area contributed by atoms with Gasteiger partial charge in [-0.3, -0.25) is 14.5 Å². The summed E-state index contributed by atoms with van der Waals surface area (Å²) in [6.45, 7) is 10.7. The van der Waals surface area contributed by atoms with E-state index in [0.717, 1.165) is 38.2 Å². The number of nitrogens with two attached hydrogens (primary N) is 1. The minimum Gasteiger partial charge on any atom is -0.366 e. The molecule has 0 bridgehead atoms. The van der Waals surface area contributed by atoms with Crippen LogP contribution in [0.25, 0.3) is 0 Å². The maximum atomic E-state index is 15.6. The van der Waals surface area contributed by atoms with Crippen LogP contribution in [-0.4, -0.2) is 52.8 Å². The molecule has 202 valence electrons. The van der Waals surface area contributed by atoms with Crippen LogP contribution in [0.3, 0.4) is 0 Å². The van der Waals surface area contributed by atoms with Crippen LogP contribution in [0, 0.1) is 5.82 Å². The highest BCUT2D eigenvalue weighted by atomic mass is 32.1. The number of amides is 2. The molecular weight excluding hydrogens is 499 g/mol. The number of thiophene rings is 1. The van der Waals surface area contributed by atoms with E-state index in [1.54, 1.807) is 23.5 Å². The third-order valence-corrected chi connectivity index (χ3v) is 7.88. The summed E-state index contributed by atoms with van der Waals surface area (Å²) in [5.41, 5.74) is 8.34. The van der Waals surface area contributed by atoms with Crippen molar-refractivity contribution >= 4 is 34.5 Å². The zero-order valence-corrected chi connectivity index (χ0v) is 23.4. The van der Waals surface area contributed by atoms with Crippen LogP contribution in [0.4, 0.5) is 15.8 Å². The smallest absolute Gasteiger partial charge is 0.254 e. The molecule has 0 atom stereocenters. The number of primary amides is 1. The van der Waals surface area contributed by atoms with Crippen LogP contribution in [0.15, 0.2) is 59.3 Å². The SMILES string of the molecule is CC(C)N(C(=O)c1ccc(N(c2cccc(C(N)=O)c2F)C2CCN(Cc3ccsc3)CC2)cc1)C(C)C. The lowest BCUT2D eigenvalue weighted by atomic mass is 9.99. The van der Waals surface area contributed by atoms with Crippen molar-refractivity contribution in [3.05, 3.63) is 81.8 Å². The second kappa shape index (κ2) is 12.1. The molecule has 2 aromatic carbocycles. The van der Waals surface area contributed by atoms with Crippen LogP contribution in [0.2, 0.25) is 0 Å². The molecule has 2 amide bonds. The summed E-state index contributed by atoms with van der Waals surface area (Å²) in [6.07, 6.45) is 1.67. The summed E-state index contributed by atoms with van der Waals surface area (Å²) < 4.78 is 15.6. The Morgan fingerprint density at radius 3 is 2.24 bits per heavy atom. The maximum absolute atomic E-state index is 15.6. The molecule has 1 aliphatic rings. The van der Waals surface area contributed by atoms with E-state index in [0.29, 0.717) is 11.3 Å². The van der Waals surface area contributed by atoms with E-state index < -0.39 is 11.7 Å². The Bertz CT molecular complexity index is 1230. The number of anilines is 2. The van der Waals surface area contributed by atoms with Crippen molar-refractivity contribution in [3.8, 4) is 0 Å². The van der Waals surface area contributed by atoms with Gasteiger partial charge in [-0.25, -0.2) is 4.39 Å². The first-order valence-electron chi connectivity index (χ1n) is 13.2. The first-order chi connectivity index (χ1) is 18.2. The number of rotatable bonds is 9. The molecule has 0 saturated carbocycles. The van der Waals surface area contributed by atoms with Crippen molar-refractivity contribution < 1.29 is 14.0 Å². The first-order valence-corrected chi connectivity index (χ1v) is 14.1. The molecular formula is C30H37FN4O2S. The van der Waals surface area contributed by atoms with Crippen molar-refractivity contribution in [1.82, 2.24) is 9.80 Å². The van der Waals surface area contributed by atoms with E-state index in [1.165, 1.54) is 11.6 Å². The lowest BCUT2D eigenvalue weighted by Gasteiger charge is -2.40. The van der Waals surface area contributed by atoms with Gasteiger partial charge in [0.15, 0.2) is 5.82 Å². The lowest BCUT2D eigenvalue weighted by Crippen LogP contribution is -2.43. The summed E-state index contributed by atoms with van der Waals surface area (Å²) >= 11 is 1.70. The molecule has 0 unspecified atom stereocenters. The number of piperidine rings is 1. The van der Waals surface area contributed by atoms with Crippen LogP contribution in [-0.2, 0) is 6.54 Å². The molecule has 2 heterocycles. The third-order valence-electron chi connectivity index (χ3n) is 7.15. The van der Waals surface area contributed by atoms with Gasteiger partial charge in [-0.2, -0.15) is 11.3 Å². The Kier molecular flexibility index (Phi) is 8.84. The molecule has 2 N–H and O–H groups in total. The Balaban J connectivity index is 1.64. The van der Waals surface area contributed by atoms with Gasteiger partial charge in [0.2, 0.25) is 0 Å². The summed E-state index contributed by atoms with van der Waals surface area (Å²) in [6, 6.07) is 14.5. The fourth-order valence-electron chi connectivity index (χ4n) is 5.40. The van der Waals surface area contributed by atoms with Crippen molar-refractivity contribution in [3.63, 3.8) is 0 Å². The molecule has 1 saturated heterocycles. The van der Waals surface area contributed by atoms with Crippen LogP contribution in [0.1, 0.15) is 66.8 Å². The number of likely N-dealkylation sites (tertiary alicyclic amines) is 1. The molecule has 8 heteroatoms. The van der Waals surface area contributed by atoms with E-state index in [9.17, 15) is 9.59 Å². The molecule has 0 aliphatic carbocycles. The molecule has 1 fully saturated rings. The Morgan fingerprint density at radius 2 is 1.68 bits per heavy atom. The highest BCUT2D eigenvalue weighted by Gasteiger charge is 2.29. The predicted octanol–water partition coefficient (Wildman–Crippen LogP) is 6.05. The van der Waals surface area contributed by atoms with Crippen LogP contribution < -0.4 is 10.6 Å². The Morgan fingerprint density at radius 1 is 1.03 bits per heavy atom. The van der Waals surface area contributed by atoms with Crippen molar-refractivity contribution in [2.24, 2.45) is 5.73 Å². The van der Waals surface area contributed by atoms with Crippen molar-refractivity contribution in [2.75, 3.05) is 18.0 Å². The molecule has 6 nitrogen and oxygen atoms in total. The quantitative estimate of drug-likeness (QED) is 0.362. The summed E-state index contributed by atoms with van der Waals surface area (Å²) in [5.74, 6) is -1.44. The number of hydrogen-bond acceptors (Lipinski definition) is 5. The zero-order valence-electron chi connectivity index (χ0n) is 22.6. The number of nitrogens with zero attached hydrogens (tertiary/aromatic N) is 3. The zero-order chi connectivity index (χ0) is 27.4. The number of carbonyl (C=O) groups excluding carboxylic acids is 2. The summed E-state index contributed by atoms with van der Waals surface area (Å²) in [5, 5.41) is 4.26. The number of benzene rings is 2. The summed E-state index contributed by atoms with van der Waals surface area (Å²) in [7, 11) is 0. The monoisotopic (exact) mass is 536 g/mol. The fraction of sp³-hybridized carbons (Fsp3) is 0.400. The molecule has 1 aromatic heterocycles. The maximum Gasteiger partial charge on any atom is 0.254 e. The molecule has 1 aliphatic heterocycles. The van der Waals surface area contributed by atoms with Gasteiger partial charge in [0, 0.05) is 49.0 Å². The van der Waals surface area contributed by atoms with E-state index in [-0.39, 0.29) is 29.6 Å². The largest absolute Gasteiger partial charge is 0.366 e. The van der Waals surface area contributed by atoms with Gasteiger partial charge >= 0.3 is 0 Å². The molecule has 4 rings (SSSR count). The van der Waals surface area contributed by atoms with Crippen molar-refractivity contribution in [1.29, 1.82) is 0 Å². The van der Waals surface area contributed by atoms with Gasteiger partial charge in [0.25, 0.3) is 11.8 Å². The second-order valence-electron chi connectivity index (χ2n) is 10.5. The topological polar surface area (TPSA) is 69.9 Å². The van der Waals surface area contributed by atoms with Crippen LogP contribution >= 0.6 is 11.3 Å². The van der Waals surface area contributed by atoms with Gasteiger partial charge < -0.3 is 15.5 Å². The van der Waals surface area contributed by atoms with E-state index in [1.807, 2.05) is 61.8 Å². The highest BCUT2D eigenvalue weighted by molar-refractivity contribution is 7.07. The fourth-order valence-corrected chi connectivity index (χ4v) is 6.06. The number of carbonyl (C=O) groups is 2. The molecule has 0 spiro atoms. The molecule has 3 aromatic rings. The van der Waals surface area contributed by atoms with E-state index in [2.05, 4.69) is 21.7 Å². The first kappa shape index (κ1) is 27.8. The van der Waals surface area contributed by atoms with Gasteiger partial charge in [0.05, 0.1) is 11.3 Å². The predicted molar refractivity (Wildman–Crippen MR) is 153 cm³/mol. The normalized spacial score (nSPS) is 14.7. The molecule has 38 heavy (non-hydrogen) atoms. The minimum absolute atomic E-state index is 0.0238. The van der Waals surface area contributed by atoms with Gasteiger partial charge in [-0.05, 0) is 99.3 Å². The number of halogens is 1. The second-order valence-corrected chi connectivity index (χ2v) is 11.2. The number of hydrogen-bond donors (Lipinski definition) is 1.